The molecule has 118 valence electrons. The molecule has 2 rings (SSSR count). The van der Waals surface area contributed by atoms with Crippen LogP contribution in [0.25, 0.3) is 0 Å². The lowest BCUT2D eigenvalue weighted by Crippen LogP contribution is -2.46. The van der Waals surface area contributed by atoms with Crippen molar-refractivity contribution in [1.29, 1.82) is 0 Å². The van der Waals surface area contributed by atoms with Gasteiger partial charge in [-0.15, -0.1) is 12.4 Å². The van der Waals surface area contributed by atoms with Crippen LogP contribution < -0.4 is 11.1 Å². The van der Waals surface area contributed by atoms with E-state index in [1.54, 1.807) is 0 Å². The van der Waals surface area contributed by atoms with Gasteiger partial charge >= 0.3 is 6.18 Å². The Kier molecular flexibility index (Phi) is 6.13. The molecule has 3 N–H and O–H groups in total. The average Bonchev–Trinajstić information content (AvgIpc) is 2.75. The van der Waals surface area contributed by atoms with Gasteiger partial charge in [0.25, 0.3) is 0 Å². The van der Waals surface area contributed by atoms with Crippen LogP contribution in [0.15, 0.2) is 0 Å². The smallest absolute Gasteiger partial charge is 0.353 e. The number of carbonyl (C=O) groups excluding carboxylic acids is 1. The predicted octanol–water partition coefficient (Wildman–Crippen LogP) is 2.77. The standard InChI is InChI=1S/C13H21F3N2O.ClH/c14-13(15,16)8-3-1-4-9(7-8)18-12(19)10-5-2-6-11(10)17;/h8-11H,1-7,17H2,(H,18,19);1H. The maximum atomic E-state index is 12.7. The van der Waals surface area contributed by atoms with Crippen LogP contribution in [-0.4, -0.2) is 24.2 Å². The Labute approximate surface area is 123 Å². The van der Waals surface area contributed by atoms with Crippen molar-refractivity contribution in [2.24, 2.45) is 17.6 Å². The van der Waals surface area contributed by atoms with Gasteiger partial charge in [0.1, 0.15) is 0 Å². The molecule has 0 saturated heterocycles. The van der Waals surface area contributed by atoms with Crippen molar-refractivity contribution >= 4 is 18.3 Å². The van der Waals surface area contributed by atoms with E-state index >= 15 is 0 Å². The third-order valence-corrected chi connectivity index (χ3v) is 4.39. The lowest BCUT2D eigenvalue weighted by molar-refractivity contribution is -0.184. The van der Waals surface area contributed by atoms with Crippen LogP contribution in [-0.2, 0) is 4.79 Å². The van der Waals surface area contributed by atoms with E-state index in [0.717, 1.165) is 19.3 Å². The van der Waals surface area contributed by atoms with Gasteiger partial charge in [-0.05, 0) is 32.1 Å². The first kappa shape index (κ1) is 17.6. The first-order valence-electron chi connectivity index (χ1n) is 7.00. The zero-order valence-electron chi connectivity index (χ0n) is 11.3. The van der Waals surface area contributed by atoms with Crippen LogP contribution in [0.3, 0.4) is 0 Å². The van der Waals surface area contributed by atoms with E-state index in [1.165, 1.54) is 0 Å². The summed E-state index contributed by atoms with van der Waals surface area (Å²) < 4.78 is 38.0. The molecule has 0 bridgehead atoms. The van der Waals surface area contributed by atoms with Crippen molar-refractivity contribution < 1.29 is 18.0 Å². The van der Waals surface area contributed by atoms with Gasteiger partial charge in [0, 0.05) is 12.1 Å². The van der Waals surface area contributed by atoms with Crippen LogP contribution in [0.2, 0.25) is 0 Å². The second kappa shape index (κ2) is 6.98. The van der Waals surface area contributed by atoms with Gasteiger partial charge in [-0.1, -0.05) is 12.8 Å². The van der Waals surface area contributed by atoms with Crippen molar-refractivity contribution in [1.82, 2.24) is 5.32 Å². The Bertz CT molecular complexity index is 338. The van der Waals surface area contributed by atoms with Gasteiger partial charge in [-0.25, -0.2) is 0 Å². The molecule has 4 atom stereocenters. The molecule has 1 amide bonds. The number of hydrogen-bond donors (Lipinski definition) is 2. The first-order valence-corrected chi connectivity index (χ1v) is 7.00. The molecule has 0 aromatic heterocycles. The van der Waals surface area contributed by atoms with E-state index in [4.69, 9.17) is 5.73 Å². The zero-order chi connectivity index (χ0) is 14.0. The Hall–Kier alpha value is -0.490. The summed E-state index contributed by atoms with van der Waals surface area (Å²) in [5, 5.41) is 2.77. The second-order valence-electron chi connectivity index (χ2n) is 5.81. The third-order valence-electron chi connectivity index (χ3n) is 4.39. The average molecular weight is 315 g/mol. The molecule has 2 fully saturated rings. The summed E-state index contributed by atoms with van der Waals surface area (Å²) in [7, 11) is 0. The zero-order valence-corrected chi connectivity index (χ0v) is 12.1. The Balaban J connectivity index is 0.00000200. The van der Waals surface area contributed by atoms with E-state index in [-0.39, 0.29) is 49.2 Å². The maximum Gasteiger partial charge on any atom is 0.391 e. The van der Waals surface area contributed by atoms with Gasteiger partial charge in [0.2, 0.25) is 5.91 Å². The van der Waals surface area contributed by atoms with E-state index in [0.29, 0.717) is 12.8 Å². The summed E-state index contributed by atoms with van der Waals surface area (Å²) in [5.74, 6) is -1.65. The number of rotatable bonds is 2. The molecule has 0 aliphatic heterocycles. The molecule has 0 heterocycles. The van der Waals surface area contributed by atoms with E-state index in [2.05, 4.69) is 5.32 Å². The summed E-state index contributed by atoms with van der Waals surface area (Å²) in [5.41, 5.74) is 5.84. The summed E-state index contributed by atoms with van der Waals surface area (Å²) in [6.45, 7) is 0. The highest BCUT2D eigenvalue weighted by Gasteiger charge is 2.43. The fraction of sp³-hybridized carbons (Fsp3) is 0.923. The highest BCUT2D eigenvalue weighted by atomic mass is 35.5. The number of carbonyl (C=O) groups is 1. The molecule has 2 saturated carbocycles. The molecule has 0 aromatic rings. The van der Waals surface area contributed by atoms with Crippen molar-refractivity contribution in [2.75, 3.05) is 0 Å². The minimum atomic E-state index is -4.15. The first-order chi connectivity index (χ1) is 8.88. The second-order valence-corrected chi connectivity index (χ2v) is 5.81. The minimum absolute atomic E-state index is 0. The molecule has 2 aliphatic rings. The fourth-order valence-corrected chi connectivity index (χ4v) is 3.24. The molecular weight excluding hydrogens is 293 g/mol. The van der Waals surface area contributed by atoms with E-state index in [9.17, 15) is 18.0 Å². The summed E-state index contributed by atoms with van der Waals surface area (Å²) in [6, 6.07) is -0.484. The van der Waals surface area contributed by atoms with Crippen LogP contribution in [0.4, 0.5) is 13.2 Å². The quantitative estimate of drug-likeness (QED) is 0.823. The molecule has 0 aromatic carbocycles. The number of nitrogens with one attached hydrogen (secondary N) is 1. The normalized spacial score (nSPS) is 34.4. The minimum Gasteiger partial charge on any atom is -0.353 e. The van der Waals surface area contributed by atoms with Crippen LogP contribution in [0.1, 0.15) is 44.9 Å². The predicted molar refractivity (Wildman–Crippen MR) is 72.5 cm³/mol. The van der Waals surface area contributed by atoms with Crippen molar-refractivity contribution in [3.63, 3.8) is 0 Å². The van der Waals surface area contributed by atoms with Crippen molar-refractivity contribution in [2.45, 2.75) is 63.2 Å². The summed E-state index contributed by atoms with van der Waals surface area (Å²) >= 11 is 0. The van der Waals surface area contributed by atoms with E-state index in [1.807, 2.05) is 0 Å². The number of halogens is 4. The van der Waals surface area contributed by atoms with Crippen LogP contribution >= 0.6 is 12.4 Å². The molecule has 0 spiro atoms. The number of hydrogen-bond acceptors (Lipinski definition) is 2. The highest BCUT2D eigenvalue weighted by molar-refractivity contribution is 5.85. The maximum absolute atomic E-state index is 12.7. The number of alkyl halides is 3. The fourth-order valence-electron chi connectivity index (χ4n) is 3.24. The number of nitrogens with two attached hydrogens (primary N) is 1. The molecule has 2 aliphatic carbocycles. The van der Waals surface area contributed by atoms with Crippen molar-refractivity contribution in [3.8, 4) is 0 Å². The van der Waals surface area contributed by atoms with Crippen molar-refractivity contribution in [3.05, 3.63) is 0 Å². The topological polar surface area (TPSA) is 55.1 Å². The summed E-state index contributed by atoms with van der Waals surface area (Å²) in [4.78, 5) is 12.0. The molecule has 3 nitrogen and oxygen atoms in total. The van der Waals surface area contributed by atoms with Gasteiger partial charge < -0.3 is 11.1 Å². The van der Waals surface area contributed by atoms with E-state index < -0.39 is 12.1 Å². The summed E-state index contributed by atoms with van der Waals surface area (Å²) in [6.07, 6.45) is -0.291. The largest absolute Gasteiger partial charge is 0.391 e. The monoisotopic (exact) mass is 314 g/mol. The SMILES string of the molecule is Cl.NC1CCCC1C(=O)NC1CCCC(C(F)(F)F)C1. The van der Waals surface area contributed by atoms with Gasteiger partial charge in [-0.2, -0.15) is 13.2 Å². The number of amides is 1. The molecule has 4 unspecified atom stereocenters. The molecule has 20 heavy (non-hydrogen) atoms. The molecule has 7 heteroatoms. The molecule has 0 radical (unpaired) electrons. The van der Waals surface area contributed by atoms with Gasteiger partial charge in [0.15, 0.2) is 0 Å². The Morgan fingerprint density at radius 2 is 1.75 bits per heavy atom. The van der Waals surface area contributed by atoms with Gasteiger partial charge in [0.05, 0.1) is 11.8 Å². The highest BCUT2D eigenvalue weighted by Crippen LogP contribution is 2.37. The Morgan fingerprint density at radius 1 is 1.10 bits per heavy atom. The Morgan fingerprint density at radius 3 is 2.30 bits per heavy atom. The molecular formula is C13H22ClF3N2O. The van der Waals surface area contributed by atoms with Crippen LogP contribution in [0.5, 0.6) is 0 Å². The third kappa shape index (κ3) is 4.25. The lowest BCUT2D eigenvalue weighted by atomic mass is 9.85. The van der Waals surface area contributed by atoms with Gasteiger partial charge in [-0.3, -0.25) is 4.79 Å². The van der Waals surface area contributed by atoms with Crippen LogP contribution in [0, 0.1) is 11.8 Å². The lowest BCUT2D eigenvalue weighted by Gasteiger charge is -2.32.